The SMILES string of the molecule is CCCCOCCOCCOC(=O)C(Cl)(Cl)Cl. The third-order valence-corrected chi connectivity index (χ3v) is 2.17. The minimum Gasteiger partial charge on any atom is -0.460 e. The van der Waals surface area contributed by atoms with Crippen LogP contribution in [0, 0.1) is 0 Å². The summed E-state index contributed by atoms with van der Waals surface area (Å²) >= 11 is 15.9. The van der Waals surface area contributed by atoms with E-state index in [0.29, 0.717) is 13.2 Å². The highest BCUT2D eigenvalue weighted by Gasteiger charge is 2.32. The van der Waals surface area contributed by atoms with Crippen LogP contribution in [0.1, 0.15) is 19.8 Å². The number of ether oxygens (including phenoxy) is 3. The van der Waals surface area contributed by atoms with Gasteiger partial charge in [-0.25, -0.2) is 4.79 Å². The molecule has 0 atom stereocenters. The van der Waals surface area contributed by atoms with Gasteiger partial charge in [-0.1, -0.05) is 48.1 Å². The van der Waals surface area contributed by atoms with Crippen LogP contribution in [0.25, 0.3) is 0 Å². The summed E-state index contributed by atoms with van der Waals surface area (Å²) in [5, 5.41) is 0. The highest BCUT2D eigenvalue weighted by atomic mass is 35.6. The third-order valence-electron chi connectivity index (χ3n) is 1.71. The van der Waals surface area contributed by atoms with Crippen molar-refractivity contribution < 1.29 is 19.0 Å². The van der Waals surface area contributed by atoms with E-state index in [0.717, 1.165) is 19.4 Å². The molecule has 4 nitrogen and oxygen atoms in total. The zero-order valence-corrected chi connectivity index (χ0v) is 12.0. The maximum absolute atomic E-state index is 11.0. The summed E-state index contributed by atoms with van der Waals surface area (Å²) in [6.07, 6.45) is 2.15. The summed E-state index contributed by atoms with van der Waals surface area (Å²) in [4.78, 5) is 11.0. The first-order valence-corrected chi connectivity index (χ1v) is 6.51. The van der Waals surface area contributed by atoms with Crippen LogP contribution in [0.5, 0.6) is 0 Å². The highest BCUT2D eigenvalue weighted by Crippen LogP contribution is 2.27. The molecule has 0 amide bonds. The van der Waals surface area contributed by atoms with Crippen molar-refractivity contribution in [3.63, 3.8) is 0 Å². The first-order chi connectivity index (χ1) is 7.98. The van der Waals surface area contributed by atoms with Crippen molar-refractivity contribution in [1.29, 1.82) is 0 Å². The smallest absolute Gasteiger partial charge is 0.358 e. The minimum absolute atomic E-state index is 0.0572. The molecule has 0 spiro atoms. The molecule has 0 saturated heterocycles. The molecule has 17 heavy (non-hydrogen) atoms. The molecule has 0 saturated carbocycles. The lowest BCUT2D eigenvalue weighted by molar-refractivity contribution is -0.144. The molecule has 0 aromatic rings. The number of carbonyl (C=O) groups is 1. The Morgan fingerprint density at radius 3 is 2.06 bits per heavy atom. The van der Waals surface area contributed by atoms with Crippen LogP contribution in [-0.4, -0.2) is 42.8 Å². The number of hydrogen-bond donors (Lipinski definition) is 0. The lowest BCUT2D eigenvalue weighted by Crippen LogP contribution is -2.23. The second-order valence-corrected chi connectivity index (χ2v) is 5.49. The van der Waals surface area contributed by atoms with Gasteiger partial charge in [0.2, 0.25) is 0 Å². The largest absolute Gasteiger partial charge is 0.460 e. The van der Waals surface area contributed by atoms with Crippen molar-refractivity contribution in [3.05, 3.63) is 0 Å². The lowest BCUT2D eigenvalue weighted by atomic mass is 10.4. The normalized spacial score (nSPS) is 11.5. The molecule has 0 aromatic heterocycles. The number of hydrogen-bond acceptors (Lipinski definition) is 4. The Morgan fingerprint density at radius 1 is 1.00 bits per heavy atom. The molecule has 0 heterocycles. The van der Waals surface area contributed by atoms with Gasteiger partial charge in [0, 0.05) is 6.61 Å². The summed E-state index contributed by atoms with van der Waals surface area (Å²) in [5.41, 5.74) is 0. The molecule has 0 aromatic carbocycles. The van der Waals surface area contributed by atoms with Gasteiger partial charge in [-0.15, -0.1) is 0 Å². The van der Waals surface area contributed by atoms with Crippen LogP contribution in [0.4, 0.5) is 0 Å². The average Bonchev–Trinajstić information content (AvgIpc) is 2.25. The van der Waals surface area contributed by atoms with E-state index in [1.165, 1.54) is 0 Å². The highest BCUT2D eigenvalue weighted by molar-refractivity contribution is 6.75. The van der Waals surface area contributed by atoms with E-state index in [4.69, 9.17) is 44.3 Å². The molecule has 0 bridgehead atoms. The predicted octanol–water partition coefficient (Wildman–Crippen LogP) is 2.73. The van der Waals surface area contributed by atoms with E-state index < -0.39 is 9.76 Å². The van der Waals surface area contributed by atoms with Crippen LogP contribution in [-0.2, 0) is 19.0 Å². The summed E-state index contributed by atoms with van der Waals surface area (Å²) in [6.45, 7) is 4.12. The Bertz CT molecular complexity index is 206. The van der Waals surface area contributed by atoms with Gasteiger partial charge in [0.1, 0.15) is 6.61 Å². The standard InChI is InChI=1S/C10H17Cl3O4/c1-2-3-4-15-5-6-16-7-8-17-9(14)10(11,12)13/h2-8H2,1H3. The molecule has 102 valence electrons. The summed E-state index contributed by atoms with van der Waals surface area (Å²) < 4.78 is 13.0. The first-order valence-electron chi connectivity index (χ1n) is 5.38. The predicted molar refractivity (Wildman–Crippen MR) is 67.8 cm³/mol. The molecular formula is C10H17Cl3O4. The monoisotopic (exact) mass is 306 g/mol. The maximum atomic E-state index is 11.0. The van der Waals surface area contributed by atoms with Crippen molar-refractivity contribution in [1.82, 2.24) is 0 Å². The van der Waals surface area contributed by atoms with E-state index >= 15 is 0 Å². The summed E-state index contributed by atoms with van der Waals surface area (Å²) in [7, 11) is 0. The fourth-order valence-electron chi connectivity index (χ4n) is 0.843. The van der Waals surface area contributed by atoms with Gasteiger partial charge in [-0.2, -0.15) is 0 Å². The average molecular weight is 308 g/mol. The topological polar surface area (TPSA) is 44.8 Å². The van der Waals surface area contributed by atoms with Crippen LogP contribution in [0.15, 0.2) is 0 Å². The number of unbranched alkanes of at least 4 members (excludes halogenated alkanes) is 1. The number of rotatable bonds is 9. The number of carbonyl (C=O) groups excluding carboxylic acids is 1. The second-order valence-electron chi connectivity index (χ2n) is 3.21. The van der Waals surface area contributed by atoms with Crippen LogP contribution in [0.2, 0.25) is 0 Å². The zero-order valence-electron chi connectivity index (χ0n) is 9.72. The van der Waals surface area contributed by atoms with Crippen molar-refractivity contribution in [2.45, 2.75) is 23.6 Å². The number of halogens is 3. The number of alkyl halides is 3. The molecule has 7 heteroatoms. The Morgan fingerprint density at radius 2 is 1.53 bits per heavy atom. The van der Waals surface area contributed by atoms with E-state index in [2.05, 4.69) is 11.7 Å². The molecule has 0 N–H and O–H groups in total. The lowest BCUT2D eigenvalue weighted by Gasteiger charge is -2.10. The van der Waals surface area contributed by atoms with E-state index in [1.54, 1.807) is 0 Å². The van der Waals surface area contributed by atoms with E-state index in [-0.39, 0.29) is 13.2 Å². The Labute approximate surface area is 116 Å². The van der Waals surface area contributed by atoms with Gasteiger partial charge in [-0.3, -0.25) is 0 Å². The van der Waals surface area contributed by atoms with E-state index in [9.17, 15) is 4.79 Å². The fraction of sp³-hybridized carbons (Fsp3) is 0.900. The fourth-order valence-corrected chi connectivity index (χ4v) is 1.01. The van der Waals surface area contributed by atoms with Gasteiger partial charge in [0.05, 0.1) is 19.8 Å². The van der Waals surface area contributed by atoms with Crippen LogP contribution >= 0.6 is 34.8 Å². The van der Waals surface area contributed by atoms with Gasteiger partial charge in [0.15, 0.2) is 0 Å². The molecular weight excluding hydrogens is 290 g/mol. The molecule has 0 aliphatic rings. The van der Waals surface area contributed by atoms with E-state index in [1.807, 2.05) is 0 Å². The molecule has 0 rings (SSSR count). The third kappa shape index (κ3) is 11.1. The van der Waals surface area contributed by atoms with Gasteiger partial charge >= 0.3 is 5.97 Å². The van der Waals surface area contributed by atoms with Crippen molar-refractivity contribution in [2.24, 2.45) is 0 Å². The van der Waals surface area contributed by atoms with Crippen molar-refractivity contribution in [3.8, 4) is 0 Å². The molecule has 0 aliphatic heterocycles. The Kier molecular flexibility index (Phi) is 10.4. The van der Waals surface area contributed by atoms with Gasteiger partial charge in [0.25, 0.3) is 3.79 Å². The molecule has 0 unspecified atom stereocenters. The van der Waals surface area contributed by atoms with Crippen molar-refractivity contribution in [2.75, 3.05) is 33.0 Å². The van der Waals surface area contributed by atoms with Crippen LogP contribution < -0.4 is 0 Å². The Hall–Kier alpha value is 0.260. The number of esters is 1. The van der Waals surface area contributed by atoms with Crippen molar-refractivity contribution >= 4 is 40.8 Å². The minimum atomic E-state index is -2.02. The Balaban J connectivity index is 3.22. The first kappa shape index (κ1) is 17.3. The summed E-state index contributed by atoms with van der Waals surface area (Å²) in [6, 6.07) is 0. The molecule has 0 aliphatic carbocycles. The maximum Gasteiger partial charge on any atom is 0.358 e. The zero-order chi connectivity index (χ0) is 13.1. The van der Waals surface area contributed by atoms with Gasteiger partial charge < -0.3 is 14.2 Å². The molecule has 0 fully saturated rings. The summed E-state index contributed by atoms with van der Waals surface area (Å²) in [5.74, 6) is -0.898. The van der Waals surface area contributed by atoms with Gasteiger partial charge in [-0.05, 0) is 6.42 Å². The quantitative estimate of drug-likeness (QED) is 0.373. The molecule has 0 radical (unpaired) electrons. The second kappa shape index (κ2) is 10.2. The van der Waals surface area contributed by atoms with Crippen LogP contribution in [0.3, 0.4) is 0 Å².